The van der Waals surface area contributed by atoms with Crippen molar-refractivity contribution in [2.45, 2.75) is 44.9 Å². The number of alkyl halides is 3. The van der Waals surface area contributed by atoms with Crippen LogP contribution in [0.15, 0.2) is 47.1 Å². The van der Waals surface area contributed by atoms with Crippen LogP contribution in [0, 0.1) is 0 Å². The molecular formula is C19H19F3N2O2. The summed E-state index contributed by atoms with van der Waals surface area (Å²) in [5, 5.41) is 0. The van der Waals surface area contributed by atoms with Gasteiger partial charge in [0, 0.05) is 13.1 Å². The van der Waals surface area contributed by atoms with Gasteiger partial charge in [0.15, 0.2) is 11.3 Å². The molecule has 0 bridgehead atoms. The third kappa shape index (κ3) is 4.97. The molecule has 26 heavy (non-hydrogen) atoms. The predicted octanol–water partition coefficient (Wildman–Crippen LogP) is 5.78. The Labute approximate surface area is 149 Å². The lowest BCUT2D eigenvalue weighted by molar-refractivity contribution is -0.110. The van der Waals surface area contributed by atoms with Crippen LogP contribution >= 0.6 is 0 Å². The van der Waals surface area contributed by atoms with Gasteiger partial charge in [-0.2, -0.15) is 13.2 Å². The molecule has 0 aliphatic heterocycles. The van der Waals surface area contributed by atoms with Crippen molar-refractivity contribution >= 4 is 11.1 Å². The highest BCUT2D eigenvalue weighted by Crippen LogP contribution is 2.33. The van der Waals surface area contributed by atoms with Crippen molar-refractivity contribution in [3.63, 3.8) is 0 Å². The third-order valence-corrected chi connectivity index (χ3v) is 3.90. The van der Waals surface area contributed by atoms with Crippen molar-refractivity contribution in [1.29, 1.82) is 0 Å². The molecule has 0 radical (unpaired) electrons. The quantitative estimate of drug-likeness (QED) is 0.591. The normalized spacial score (nSPS) is 14.9. The molecule has 1 aromatic carbocycles. The number of oxazole rings is 1. The fourth-order valence-corrected chi connectivity index (χ4v) is 2.82. The Morgan fingerprint density at radius 3 is 2.50 bits per heavy atom. The molecule has 4 rings (SSSR count). The Bertz CT molecular complexity index is 816. The minimum atomic E-state index is -4.00. The summed E-state index contributed by atoms with van der Waals surface area (Å²) < 4.78 is 43.0. The predicted molar refractivity (Wildman–Crippen MR) is 91.9 cm³/mol. The van der Waals surface area contributed by atoms with Crippen LogP contribution in [0.25, 0.3) is 22.6 Å². The number of nitrogens with zero attached hydrogens (tertiary/aromatic N) is 2. The molecule has 0 atom stereocenters. The summed E-state index contributed by atoms with van der Waals surface area (Å²) >= 11 is 0. The zero-order valence-corrected chi connectivity index (χ0v) is 14.3. The van der Waals surface area contributed by atoms with E-state index in [-0.39, 0.29) is 13.0 Å². The van der Waals surface area contributed by atoms with Crippen molar-refractivity contribution in [3.8, 4) is 17.2 Å². The number of halogens is 3. The van der Waals surface area contributed by atoms with Crippen LogP contribution in [-0.2, 0) is 0 Å². The van der Waals surface area contributed by atoms with E-state index in [1.807, 2.05) is 30.3 Å². The molecule has 1 aliphatic rings. The second kappa shape index (κ2) is 7.76. The number of hydrogen-bond acceptors (Lipinski definition) is 4. The summed E-state index contributed by atoms with van der Waals surface area (Å²) in [5.41, 5.74) is 2.51. The number of ether oxygens (including phenoxy) is 1. The molecule has 1 fully saturated rings. The molecule has 0 saturated heterocycles. The highest BCUT2D eigenvalue weighted by molar-refractivity contribution is 5.77. The van der Waals surface area contributed by atoms with Gasteiger partial charge in [0.05, 0.1) is 17.9 Å². The van der Waals surface area contributed by atoms with E-state index in [4.69, 9.17) is 9.15 Å². The zero-order chi connectivity index (χ0) is 18.6. The van der Waals surface area contributed by atoms with Crippen LogP contribution < -0.4 is 4.74 Å². The maximum Gasteiger partial charge on any atom is 0.386 e. The summed E-state index contributed by atoms with van der Waals surface area (Å²) in [4.78, 5) is 8.72. The highest BCUT2D eigenvalue weighted by Gasteiger charge is 2.20. The Balaban J connectivity index is 0.000000349. The summed E-state index contributed by atoms with van der Waals surface area (Å²) in [6.45, 7) is 0.188. The topological polar surface area (TPSA) is 48.2 Å². The minimum Gasteiger partial charge on any atom is -0.488 e. The third-order valence-electron chi connectivity index (χ3n) is 3.90. The van der Waals surface area contributed by atoms with Crippen LogP contribution in [0.5, 0.6) is 5.75 Å². The molecule has 7 heteroatoms. The van der Waals surface area contributed by atoms with Gasteiger partial charge in [-0.25, -0.2) is 4.98 Å². The first-order valence-electron chi connectivity index (χ1n) is 8.43. The highest BCUT2D eigenvalue weighted by atomic mass is 19.4. The lowest BCUT2D eigenvalue weighted by Gasteiger charge is -2.14. The van der Waals surface area contributed by atoms with Gasteiger partial charge in [-0.15, -0.1) is 0 Å². The molecule has 2 aromatic heterocycles. The molecule has 4 nitrogen and oxygen atoms in total. The van der Waals surface area contributed by atoms with Crippen molar-refractivity contribution in [2.24, 2.45) is 0 Å². The number of fused-ring (bicyclic) bond motifs is 1. The summed E-state index contributed by atoms with van der Waals surface area (Å²) in [6, 6.07) is 9.66. The molecule has 1 aliphatic carbocycles. The largest absolute Gasteiger partial charge is 0.488 e. The average molecular weight is 364 g/mol. The molecule has 2 heterocycles. The Kier molecular flexibility index (Phi) is 5.44. The van der Waals surface area contributed by atoms with Crippen molar-refractivity contribution < 1.29 is 22.3 Å². The summed E-state index contributed by atoms with van der Waals surface area (Å²) in [7, 11) is 0. The van der Waals surface area contributed by atoms with Crippen LogP contribution in [0.2, 0.25) is 0 Å². The fraction of sp³-hybridized carbons (Fsp3) is 0.368. The van der Waals surface area contributed by atoms with E-state index in [2.05, 4.69) is 9.97 Å². The van der Waals surface area contributed by atoms with Crippen LogP contribution in [0.1, 0.15) is 32.6 Å². The second-order valence-corrected chi connectivity index (χ2v) is 6.16. The lowest BCUT2D eigenvalue weighted by Crippen LogP contribution is -2.11. The first-order chi connectivity index (χ1) is 12.4. The van der Waals surface area contributed by atoms with E-state index < -0.39 is 6.18 Å². The second-order valence-electron chi connectivity index (χ2n) is 6.16. The maximum absolute atomic E-state index is 10.4. The van der Waals surface area contributed by atoms with E-state index >= 15 is 0 Å². The Morgan fingerprint density at radius 2 is 1.81 bits per heavy atom. The molecule has 0 spiro atoms. The number of para-hydroxylation sites is 2. The number of benzene rings is 1. The van der Waals surface area contributed by atoms with Gasteiger partial charge in [-0.3, -0.25) is 4.98 Å². The summed E-state index contributed by atoms with van der Waals surface area (Å²) in [5.74, 6) is 1.35. The van der Waals surface area contributed by atoms with Crippen LogP contribution in [0.4, 0.5) is 13.2 Å². The van der Waals surface area contributed by atoms with E-state index in [1.165, 1.54) is 12.8 Å². The zero-order valence-electron chi connectivity index (χ0n) is 14.3. The molecule has 3 aromatic rings. The van der Waals surface area contributed by atoms with Crippen molar-refractivity contribution in [2.75, 3.05) is 0 Å². The maximum atomic E-state index is 10.4. The smallest absolute Gasteiger partial charge is 0.386 e. The molecule has 138 valence electrons. The first-order valence-corrected chi connectivity index (χ1v) is 8.43. The molecule has 0 N–H and O–H groups in total. The number of rotatable bonds is 3. The van der Waals surface area contributed by atoms with Gasteiger partial charge in [-0.1, -0.05) is 12.1 Å². The first kappa shape index (κ1) is 18.2. The monoisotopic (exact) mass is 364 g/mol. The number of pyridine rings is 1. The van der Waals surface area contributed by atoms with E-state index in [0.717, 1.165) is 35.3 Å². The van der Waals surface area contributed by atoms with Gasteiger partial charge >= 0.3 is 6.18 Å². The Hall–Kier alpha value is -2.57. The van der Waals surface area contributed by atoms with Gasteiger partial charge in [0.2, 0.25) is 5.89 Å². The van der Waals surface area contributed by atoms with Gasteiger partial charge in [-0.05, 0) is 43.9 Å². The minimum absolute atomic E-state index is 0.188. The van der Waals surface area contributed by atoms with Crippen LogP contribution in [0.3, 0.4) is 0 Å². The SMILES string of the molecule is CC(F)(F)F.c1ccc2oc(-c3ccncc3OC3CCCC3)nc2c1. The standard InChI is InChI=1S/C17H16N2O2.C2H3F3/c1-2-6-12(5-1)20-16-11-18-10-9-13(16)17-19-14-7-3-4-8-15(14)21-17;1-2(3,4)5/h3-4,7-12H,1-2,5-6H2;1H3. The van der Waals surface area contributed by atoms with Gasteiger partial charge in [0.1, 0.15) is 5.52 Å². The van der Waals surface area contributed by atoms with E-state index in [1.54, 1.807) is 12.4 Å². The average Bonchev–Trinajstić information content (AvgIpc) is 3.22. The van der Waals surface area contributed by atoms with Crippen LogP contribution in [-0.4, -0.2) is 22.2 Å². The number of aromatic nitrogens is 2. The molecule has 0 unspecified atom stereocenters. The summed E-state index contributed by atoms with van der Waals surface area (Å²) in [6.07, 6.45) is 4.49. The van der Waals surface area contributed by atoms with E-state index in [9.17, 15) is 13.2 Å². The van der Waals surface area contributed by atoms with Crippen molar-refractivity contribution in [3.05, 3.63) is 42.7 Å². The number of hydrogen-bond donors (Lipinski definition) is 0. The van der Waals surface area contributed by atoms with Crippen molar-refractivity contribution in [1.82, 2.24) is 9.97 Å². The van der Waals surface area contributed by atoms with Gasteiger partial charge < -0.3 is 9.15 Å². The molecule has 0 amide bonds. The fourth-order valence-electron chi connectivity index (χ4n) is 2.82. The Morgan fingerprint density at radius 1 is 1.12 bits per heavy atom. The van der Waals surface area contributed by atoms with E-state index in [0.29, 0.717) is 5.89 Å². The lowest BCUT2D eigenvalue weighted by atomic mass is 10.2. The van der Waals surface area contributed by atoms with Gasteiger partial charge in [0.25, 0.3) is 0 Å². The molecule has 1 saturated carbocycles. The molecular weight excluding hydrogens is 345 g/mol.